The zero-order chi connectivity index (χ0) is 19.9. The number of aromatic hydroxyl groups is 1. The van der Waals surface area contributed by atoms with Gasteiger partial charge < -0.3 is 19.3 Å². The fourth-order valence-corrected chi connectivity index (χ4v) is 3.55. The molecule has 2 aromatic rings. The average Bonchev–Trinajstić information content (AvgIpc) is 2.96. The summed E-state index contributed by atoms with van der Waals surface area (Å²) in [6.45, 7) is 3.79. The number of cyclic esters (lactones) is 1. The monoisotopic (exact) mass is 392 g/mol. The molecule has 0 unspecified atom stereocenters. The van der Waals surface area contributed by atoms with Crippen LogP contribution in [0.3, 0.4) is 0 Å². The fourth-order valence-electron chi connectivity index (χ4n) is 3.20. The zero-order valence-electron chi connectivity index (χ0n) is 15.4. The maximum absolute atomic E-state index is 12.6. The lowest BCUT2D eigenvalue weighted by Gasteiger charge is -2.20. The molecular weight excluding hydrogens is 372 g/mol. The highest BCUT2D eigenvalue weighted by Gasteiger charge is 2.40. The van der Waals surface area contributed by atoms with E-state index in [9.17, 15) is 14.7 Å². The van der Waals surface area contributed by atoms with Crippen molar-refractivity contribution in [2.24, 2.45) is 0 Å². The summed E-state index contributed by atoms with van der Waals surface area (Å²) < 4.78 is 17.5. The molecule has 144 valence electrons. The average molecular weight is 392 g/mol. The number of nitrogens with one attached hydrogen (secondary N) is 1. The number of carbonyl (C=O) groups excluding carboxylic acids is 1. The number of esters is 1. The second-order valence-electron chi connectivity index (χ2n) is 6.17. The van der Waals surface area contributed by atoms with Crippen LogP contribution in [0.1, 0.15) is 53.9 Å². The van der Waals surface area contributed by atoms with Gasteiger partial charge in [0, 0.05) is 11.6 Å². The van der Waals surface area contributed by atoms with E-state index in [1.54, 1.807) is 12.1 Å². The van der Waals surface area contributed by atoms with Gasteiger partial charge in [0.05, 0.1) is 14.2 Å². The molecular formula is C18H20N2O6S. The van der Waals surface area contributed by atoms with Crippen LogP contribution in [0.5, 0.6) is 17.4 Å². The van der Waals surface area contributed by atoms with Crippen LogP contribution in [0.15, 0.2) is 16.9 Å². The molecule has 1 aromatic heterocycles. The van der Waals surface area contributed by atoms with E-state index in [1.165, 1.54) is 18.8 Å². The highest BCUT2D eigenvalue weighted by molar-refractivity contribution is 7.71. The van der Waals surface area contributed by atoms with E-state index in [0.29, 0.717) is 17.7 Å². The Hall–Kier alpha value is -2.81. The molecule has 0 fully saturated rings. The Kier molecular flexibility index (Phi) is 4.97. The number of aromatic amines is 1. The molecule has 2 heterocycles. The van der Waals surface area contributed by atoms with Gasteiger partial charge in [0.1, 0.15) is 11.1 Å². The van der Waals surface area contributed by atoms with Gasteiger partial charge in [0.25, 0.3) is 5.56 Å². The predicted octanol–water partition coefficient (Wildman–Crippen LogP) is 2.86. The minimum absolute atomic E-state index is 0.0804. The van der Waals surface area contributed by atoms with Gasteiger partial charge in [-0.05, 0) is 31.6 Å². The summed E-state index contributed by atoms with van der Waals surface area (Å²) in [6, 6.07) is 3.07. The van der Waals surface area contributed by atoms with E-state index in [4.69, 9.17) is 26.4 Å². The Balaban J connectivity index is 2.26. The van der Waals surface area contributed by atoms with Crippen molar-refractivity contribution in [1.82, 2.24) is 9.55 Å². The number of benzene rings is 1. The minimum Gasteiger partial charge on any atom is -0.494 e. The van der Waals surface area contributed by atoms with Crippen LogP contribution in [0.2, 0.25) is 0 Å². The second-order valence-corrected chi connectivity index (χ2v) is 6.56. The van der Waals surface area contributed by atoms with Gasteiger partial charge in [0.15, 0.2) is 22.4 Å². The van der Waals surface area contributed by atoms with E-state index < -0.39 is 17.6 Å². The molecule has 0 bridgehead atoms. The van der Waals surface area contributed by atoms with Crippen LogP contribution in [0.4, 0.5) is 0 Å². The van der Waals surface area contributed by atoms with Crippen LogP contribution < -0.4 is 15.0 Å². The molecule has 1 aromatic carbocycles. The number of carbonyl (C=O) groups is 1. The molecule has 0 spiro atoms. The summed E-state index contributed by atoms with van der Waals surface area (Å²) in [6.07, 6.45) is -0.402. The van der Waals surface area contributed by atoms with Crippen molar-refractivity contribution >= 4 is 18.2 Å². The third kappa shape index (κ3) is 2.87. The Morgan fingerprint density at radius 3 is 2.63 bits per heavy atom. The van der Waals surface area contributed by atoms with Crippen LogP contribution in [0, 0.1) is 4.77 Å². The van der Waals surface area contributed by atoms with E-state index in [-0.39, 0.29) is 33.6 Å². The summed E-state index contributed by atoms with van der Waals surface area (Å²) >= 11 is 5.18. The van der Waals surface area contributed by atoms with Crippen LogP contribution in [0.25, 0.3) is 0 Å². The summed E-state index contributed by atoms with van der Waals surface area (Å²) in [5.41, 5.74) is -0.120. The molecule has 9 heteroatoms. The molecule has 1 aliphatic rings. The highest BCUT2D eigenvalue weighted by atomic mass is 32.1. The summed E-state index contributed by atoms with van der Waals surface area (Å²) in [5.74, 6) is -0.406. The first-order valence-electron chi connectivity index (χ1n) is 8.39. The van der Waals surface area contributed by atoms with Gasteiger partial charge in [-0.2, -0.15) is 0 Å². The summed E-state index contributed by atoms with van der Waals surface area (Å²) in [5, 5.41) is 10.8. The quantitative estimate of drug-likeness (QED) is 0.596. The molecule has 2 atom stereocenters. The summed E-state index contributed by atoms with van der Waals surface area (Å²) in [4.78, 5) is 27.6. The third-order valence-corrected chi connectivity index (χ3v) is 5.03. The van der Waals surface area contributed by atoms with E-state index in [1.807, 2.05) is 13.8 Å². The molecule has 0 saturated carbocycles. The van der Waals surface area contributed by atoms with E-state index in [2.05, 4.69) is 4.98 Å². The number of hydrogen-bond donors (Lipinski definition) is 2. The number of H-pyrrole nitrogens is 1. The molecule has 0 amide bonds. The number of nitrogens with zero attached hydrogens (tertiary/aromatic N) is 1. The molecule has 27 heavy (non-hydrogen) atoms. The van der Waals surface area contributed by atoms with Gasteiger partial charge in [-0.15, -0.1) is 0 Å². The number of hydrogen-bond acceptors (Lipinski definition) is 7. The van der Waals surface area contributed by atoms with Gasteiger partial charge in [0.2, 0.25) is 5.88 Å². The van der Waals surface area contributed by atoms with Gasteiger partial charge in [-0.25, -0.2) is 4.79 Å². The van der Waals surface area contributed by atoms with Gasteiger partial charge in [-0.3, -0.25) is 14.3 Å². The fraction of sp³-hybridized carbons (Fsp3) is 0.389. The number of ether oxygens (including phenoxy) is 3. The van der Waals surface area contributed by atoms with Crippen molar-refractivity contribution < 1.29 is 24.1 Å². The zero-order valence-corrected chi connectivity index (χ0v) is 16.2. The molecule has 0 radical (unpaired) electrons. The first-order chi connectivity index (χ1) is 12.8. The SMILES string of the molecule is CC[C@H](C)n1c(O)c([C@@H]2OC(=O)c3c2ccc(OC)c3OC)c(=O)[nH]c1=S. The number of rotatable bonds is 5. The lowest BCUT2D eigenvalue weighted by molar-refractivity contribution is 0.0446. The Labute approximate surface area is 160 Å². The maximum Gasteiger partial charge on any atom is 0.343 e. The Morgan fingerprint density at radius 1 is 1.33 bits per heavy atom. The molecule has 0 saturated heterocycles. The molecule has 3 rings (SSSR count). The van der Waals surface area contributed by atoms with Gasteiger partial charge in [-0.1, -0.05) is 13.0 Å². The standard InChI is InChI=1S/C18H20N2O6S/c1-5-8(2)20-16(22)12(15(21)19-18(20)27)13-9-6-7-10(24-3)14(25-4)11(9)17(23)26-13/h6-8,13,22H,5H2,1-4H3,(H,19,21,27)/t8-,13+/m0/s1. The number of aromatic nitrogens is 2. The maximum atomic E-state index is 12.6. The van der Waals surface area contributed by atoms with Crippen molar-refractivity contribution in [3.63, 3.8) is 0 Å². The molecule has 0 aliphatic carbocycles. The van der Waals surface area contributed by atoms with Crippen LogP contribution in [-0.2, 0) is 4.74 Å². The van der Waals surface area contributed by atoms with Crippen molar-refractivity contribution in [3.8, 4) is 17.4 Å². The molecule has 2 N–H and O–H groups in total. The second kappa shape index (κ2) is 7.07. The normalized spacial score (nSPS) is 16.6. The first-order valence-corrected chi connectivity index (χ1v) is 8.79. The topological polar surface area (TPSA) is 103 Å². The van der Waals surface area contributed by atoms with Crippen molar-refractivity contribution in [2.75, 3.05) is 14.2 Å². The Morgan fingerprint density at radius 2 is 2.04 bits per heavy atom. The molecule has 1 aliphatic heterocycles. The molecule has 8 nitrogen and oxygen atoms in total. The minimum atomic E-state index is -1.08. The van der Waals surface area contributed by atoms with E-state index >= 15 is 0 Å². The van der Waals surface area contributed by atoms with Crippen LogP contribution >= 0.6 is 12.2 Å². The highest BCUT2D eigenvalue weighted by Crippen LogP contribution is 2.45. The Bertz CT molecular complexity index is 1030. The lowest BCUT2D eigenvalue weighted by Crippen LogP contribution is -2.23. The van der Waals surface area contributed by atoms with Gasteiger partial charge >= 0.3 is 5.97 Å². The first kappa shape index (κ1) is 19.0. The van der Waals surface area contributed by atoms with E-state index in [0.717, 1.165) is 0 Å². The predicted molar refractivity (Wildman–Crippen MR) is 99.4 cm³/mol. The third-order valence-electron chi connectivity index (χ3n) is 4.74. The van der Waals surface area contributed by atoms with Crippen molar-refractivity contribution in [1.29, 1.82) is 0 Å². The lowest BCUT2D eigenvalue weighted by atomic mass is 9.99. The largest absolute Gasteiger partial charge is 0.494 e. The van der Waals surface area contributed by atoms with Crippen LogP contribution in [-0.4, -0.2) is 34.8 Å². The smallest absolute Gasteiger partial charge is 0.343 e. The number of methoxy groups -OCH3 is 2. The summed E-state index contributed by atoms with van der Waals surface area (Å²) in [7, 11) is 2.86. The van der Waals surface area contributed by atoms with Crippen molar-refractivity contribution in [3.05, 3.63) is 43.9 Å². The van der Waals surface area contributed by atoms with Crippen molar-refractivity contribution in [2.45, 2.75) is 32.4 Å². The number of fused-ring (bicyclic) bond motifs is 1.